The number of benzene rings is 1. The first-order valence-electron chi connectivity index (χ1n) is 9.83. The average molecular weight is 380 g/mol. The summed E-state index contributed by atoms with van der Waals surface area (Å²) in [7, 11) is 0. The Balaban J connectivity index is 1.68. The second-order valence-corrected chi connectivity index (χ2v) is 7.54. The van der Waals surface area contributed by atoms with Crippen molar-refractivity contribution in [3.63, 3.8) is 0 Å². The fourth-order valence-corrected chi connectivity index (χ4v) is 3.60. The molecule has 0 aliphatic carbocycles. The lowest BCUT2D eigenvalue weighted by atomic mass is 9.88. The Bertz CT molecular complexity index is 780. The van der Waals surface area contributed by atoms with E-state index in [0.717, 1.165) is 24.0 Å². The van der Waals surface area contributed by atoms with Crippen LogP contribution >= 0.6 is 0 Å². The molecule has 3 rings (SSSR count). The van der Waals surface area contributed by atoms with E-state index in [1.807, 2.05) is 61.2 Å². The van der Waals surface area contributed by atoms with Gasteiger partial charge < -0.3 is 15.5 Å². The molecule has 0 spiro atoms. The van der Waals surface area contributed by atoms with Gasteiger partial charge in [-0.25, -0.2) is 4.79 Å². The van der Waals surface area contributed by atoms with Gasteiger partial charge in [0, 0.05) is 31.5 Å². The second-order valence-electron chi connectivity index (χ2n) is 7.54. The molecular formula is C22H28N4O2. The Morgan fingerprint density at radius 1 is 1.14 bits per heavy atom. The molecule has 6 heteroatoms. The first kappa shape index (κ1) is 19.9. The van der Waals surface area contributed by atoms with E-state index in [4.69, 9.17) is 0 Å². The number of aromatic nitrogens is 1. The third-order valence-electron chi connectivity index (χ3n) is 5.00. The predicted octanol–water partition coefficient (Wildman–Crippen LogP) is 3.27. The molecule has 1 fully saturated rings. The van der Waals surface area contributed by atoms with Crippen LogP contribution in [0.4, 0.5) is 4.79 Å². The molecule has 3 amide bonds. The molecule has 1 aliphatic heterocycles. The van der Waals surface area contributed by atoms with E-state index < -0.39 is 0 Å². The molecule has 1 aliphatic rings. The zero-order valence-corrected chi connectivity index (χ0v) is 16.5. The Hall–Kier alpha value is -2.89. The molecule has 2 atom stereocenters. The number of hydrogen-bond donors (Lipinski definition) is 2. The van der Waals surface area contributed by atoms with Crippen LogP contribution in [0.5, 0.6) is 0 Å². The summed E-state index contributed by atoms with van der Waals surface area (Å²) in [6.07, 6.45) is 4.97. The molecule has 1 aromatic carbocycles. The van der Waals surface area contributed by atoms with Gasteiger partial charge in [0.15, 0.2) is 0 Å². The fraction of sp³-hybridized carbons (Fsp3) is 0.409. The van der Waals surface area contributed by atoms with Crippen molar-refractivity contribution in [3.05, 3.63) is 66.0 Å². The van der Waals surface area contributed by atoms with Crippen molar-refractivity contribution in [2.24, 2.45) is 5.92 Å². The van der Waals surface area contributed by atoms with E-state index in [1.54, 1.807) is 12.4 Å². The van der Waals surface area contributed by atoms with Crippen molar-refractivity contribution in [3.8, 4) is 0 Å². The van der Waals surface area contributed by atoms with Crippen LogP contribution < -0.4 is 10.6 Å². The number of carbonyl (C=O) groups is 2. The molecule has 0 saturated carbocycles. The van der Waals surface area contributed by atoms with Gasteiger partial charge in [0.05, 0.1) is 12.0 Å². The van der Waals surface area contributed by atoms with Gasteiger partial charge in [-0.05, 0) is 43.9 Å². The van der Waals surface area contributed by atoms with E-state index in [1.165, 1.54) is 0 Å². The predicted molar refractivity (Wildman–Crippen MR) is 108 cm³/mol. The summed E-state index contributed by atoms with van der Waals surface area (Å²) in [4.78, 5) is 31.4. The lowest BCUT2D eigenvalue weighted by molar-refractivity contribution is -0.126. The van der Waals surface area contributed by atoms with Crippen LogP contribution in [0, 0.1) is 5.92 Å². The number of piperidine rings is 1. The highest BCUT2D eigenvalue weighted by molar-refractivity contribution is 5.81. The molecule has 2 aromatic rings. The van der Waals surface area contributed by atoms with Gasteiger partial charge in [-0.2, -0.15) is 0 Å². The van der Waals surface area contributed by atoms with Crippen molar-refractivity contribution in [1.82, 2.24) is 20.5 Å². The molecule has 28 heavy (non-hydrogen) atoms. The maximum atomic E-state index is 12.8. The maximum Gasteiger partial charge on any atom is 0.318 e. The van der Waals surface area contributed by atoms with Crippen LogP contribution in [0.2, 0.25) is 0 Å². The number of likely N-dealkylation sites (tertiary alicyclic amines) is 1. The zero-order valence-electron chi connectivity index (χ0n) is 16.5. The molecule has 2 N–H and O–H groups in total. The third kappa shape index (κ3) is 5.09. The van der Waals surface area contributed by atoms with Gasteiger partial charge in [-0.1, -0.05) is 36.4 Å². The molecule has 148 valence electrons. The molecule has 2 unspecified atom stereocenters. The minimum atomic E-state index is -0.213. The first-order valence-corrected chi connectivity index (χ1v) is 9.83. The highest BCUT2D eigenvalue weighted by Gasteiger charge is 2.35. The summed E-state index contributed by atoms with van der Waals surface area (Å²) in [5.41, 5.74) is 2.07. The fourth-order valence-electron chi connectivity index (χ4n) is 3.60. The Kier molecular flexibility index (Phi) is 6.63. The van der Waals surface area contributed by atoms with E-state index in [2.05, 4.69) is 15.6 Å². The molecular weight excluding hydrogens is 352 g/mol. The second kappa shape index (κ2) is 9.35. The highest BCUT2D eigenvalue weighted by atomic mass is 16.2. The summed E-state index contributed by atoms with van der Waals surface area (Å²) >= 11 is 0. The van der Waals surface area contributed by atoms with Crippen molar-refractivity contribution in [1.29, 1.82) is 0 Å². The van der Waals surface area contributed by atoms with Crippen LogP contribution in [-0.4, -0.2) is 34.4 Å². The summed E-state index contributed by atoms with van der Waals surface area (Å²) in [6.45, 7) is 4.75. The monoisotopic (exact) mass is 380 g/mol. The lowest BCUT2D eigenvalue weighted by Crippen LogP contribution is -2.51. The lowest BCUT2D eigenvalue weighted by Gasteiger charge is -2.39. The minimum Gasteiger partial charge on any atom is -0.352 e. The normalized spacial score (nSPS) is 19.3. The molecule has 0 bridgehead atoms. The summed E-state index contributed by atoms with van der Waals surface area (Å²) < 4.78 is 0. The Morgan fingerprint density at radius 2 is 1.93 bits per heavy atom. The van der Waals surface area contributed by atoms with Crippen LogP contribution in [0.1, 0.15) is 43.9 Å². The summed E-state index contributed by atoms with van der Waals surface area (Å²) in [5, 5.41) is 5.96. The quantitative estimate of drug-likeness (QED) is 0.836. The minimum absolute atomic E-state index is 0.0117. The SMILES string of the molecule is CC(C)NC(=O)N1CC(C(=O)NCc2cccnc2)CCC1c1ccccc1. The van der Waals surface area contributed by atoms with Crippen LogP contribution in [0.25, 0.3) is 0 Å². The topological polar surface area (TPSA) is 74.3 Å². The van der Waals surface area contributed by atoms with Gasteiger partial charge in [0.25, 0.3) is 0 Å². The standard InChI is InChI=1S/C22H28N4O2/c1-16(2)25-22(28)26-15-19(10-11-20(26)18-8-4-3-5-9-18)21(27)24-14-17-7-6-12-23-13-17/h3-9,12-13,16,19-20H,10-11,14-15H2,1-2H3,(H,24,27)(H,25,28). The first-order chi connectivity index (χ1) is 13.5. The van der Waals surface area contributed by atoms with E-state index >= 15 is 0 Å². The van der Waals surface area contributed by atoms with E-state index in [9.17, 15) is 9.59 Å². The summed E-state index contributed by atoms with van der Waals surface area (Å²) in [5.74, 6) is -0.229. The highest BCUT2D eigenvalue weighted by Crippen LogP contribution is 2.33. The number of nitrogens with zero attached hydrogens (tertiary/aromatic N) is 2. The number of amides is 3. The van der Waals surface area contributed by atoms with Gasteiger partial charge in [0.1, 0.15) is 0 Å². The van der Waals surface area contributed by atoms with Crippen LogP contribution in [-0.2, 0) is 11.3 Å². The van der Waals surface area contributed by atoms with Crippen LogP contribution in [0.3, 0.4) is 0 Å². The van der Waals surface area contributed by atoms with Gasteiger partial charge >= 0.3 is 6.03 Å². The van der Waals surface area contributed by atoms with Crippen molar-refractivity contribution in [2.75, 3.05) is 6.54 Å². The maximum absolute atomic E-state index is 12.8. The molecule has 0 radical (unpaired) electrons. The zero-order chi connectivity index (χ0) is 19.9. The van der Waals surface area contributed by atoms with Crippen molar-refractivity contribution in [2.45, 2.75) is 45.3 Å². The molecule has 1 aromatic heterocycles. The summed E-state index contributed by atoms with van der Waals surface area (Å²) in [6, 6.07) is 13.7. The van der Waals surface area contributed by atoms with E-state index in [-0.39, 0.29) is 29.9 Å². The number of pyridine rings is 1. The van der Waals surface area contributed by atoms with Gasteiger partial charge in [-0.3, -0.25) is 9.78 Å². The number of urea groups is 1. The largest absolute Gasteiger partial charge is 0.352 e. The van der Waals surface area contributed by atoms with Crippen molar-refractivity contribution < 1.29 is 9.59 Å². The van der Waals surface area contributed by atoms with Gasteiger partial charge in [-0.15, -0.1) is 0 Å². The number of carbonyl (C=O) groups excluding carboxylic acids is 2. The smallest absolute Gasteiger partial charge is 0.318 e. The van der Waals surface area contributed by atoms with E-state index in [0.29, 0.717) is 13.1 Å². The third-order valence-corrected chi connectivity index (χ3v) is 5.00. The Morgan fingerprint density at radius 3 is 2.61 bits per heavy atom. The van der Waals surface area contributed by atoms with Crippen molar-refractivity contribution >= 4 is 11.9 Å². The number of hydrogen-bond acceptors (Lipinski definition) is 3. The molecule has 2 heterocycles. The Labute approximate surface area is 166 Å². The van der Waals surface area contributed by atoms with Crippen LogP contribution in [0.15, 0.2) is 54.9 Å². The molecule has 6 nitrogen and oxygen atoms in total. The number of rotatable bonds is 5. The molecule has 1 saturated heterocycles. The number of nitrogens with one attached hydrogen (secondary N) is 2. The average Bonchev–Trinajstić information content (AvgIpc) is 2.72. The van der Waals surface area contributed by atoms with Gasteiger partial charge in [0.2, 0.25) is 5.91 Å².